The van der Waals surface area contributed by atoms with Gasteiger partial charge in [0.15, 0.2) is 19.7 Å². The lowest BCUT2D eigenvalue weighted by molar-refractivity contribution is -0.118. The number of amides is 1. The number of aliphatic hydroxyl groups excluding tert-OH is 1. The summed E-state index contributed by atoms with van der Waals surface area (Å²) in [5.41, 5.74) is 1.87. The molecule has 0 heterocycles. The maximum atomic E-state index is 12.9. The minimum atomic E-state index is -3.39. The van der Waals surface area contributed by atoms with Gasteiger partial charge in [-0.1, -0.05) is 54.4 Å². The van der Waals surface area contributed by atoms with E-state index in [9.17, 15) is 26.7 Å². The standard InChI is InChI=1S/C26H25Cl2NO6S2/c1-2-36(32,33)19-7-3-16(4-8-19)22(15-30)26(31)29-18-13-23(27)25(24(28)14-18)17-5-9-20(10-6-17)37(34,35)21-11-12-21/h3-10,13-14,21-22,30H,2,11-12,15H2,1H3,(H,29,31)/t22-/m0/s1. The number of carbonyl (C=O) groups is 1. The second-order valence-corrected chi connectivity index (χ2v) is 14.1. The Hall–Kier alpha value is -2.43. The van der Waals surface area contributed by atoms with Crippen LogP contribution >= 0.6 is 23.2 Å². The third kappa shape index (κ3) is 5.86. The summed E-state index contributed by atoms with van der Waals surface area (Å²) in [4.78, 5) is 13.3. The molecule has 1 fully saturated rings. The van der Waals surface area contributed by atoms with Gasteiger partial charge in [-0.15, -0.1) is 0 Å². The van der Waals surface area contributed by atoms with Gasteiger partial charge in [0.1, 0.15) is 0 Å². The number of rotatable bonds is 9. The van der Waals surface area contributed by atoms with E-state index in [1.54, 1.807) is 19.1 Å². The van der Waals surface area contributed by atoms with Crippen LogP contribution in [0.25, 0.3) is 11.1 Å². The largest absolute Gasteiger partial charge is 0.395 e. The lowest BCUT2D eigenvalue weighted by atomic mass is 9.99. The van der Waals surface area contributed by atoms with Gasteiger partial charge in [-0.25, -0.2) is 16.8 Å². The second kappa shape index (κ2) is 10.7. The molecule has 7 nitrogen and oxygen atoms in total. The number of nitrogens with one attached hydrogen (secondary N) is 1. The Morgan fingerprint density at radius 1 is 0.946 bits per heavy atom. The van der Waals surface area contributed by atoms with Crippen molar-refractivity contribution in [3.8, 4) is 11.1 Å². The monoisotopic (exact) mass is 581 g/mol. The van der Waals surface area contributed by atoms with Crippen molar-refractivity contribution in [1.82, 2.24) is 0 Å². The summed E-state index contributed by atoms with van der Waals surface area (Å²) in [5.74, 6) is -1.52. The number of hydrogen-bond acceptors (Lipinski definition) is 6. The molecule has 196 valence electrons. The van der Waals surface area contributed by atoms with Gasteiger partial charge in [-0.2, -0.15) is 0 Å². The van der Waals surface area contributed by atoms with Crippen molar-refractivity contribution in [2.75, 3.05) is 17.7 Å². The first kappa shape index (κ1) is 27.6. The molecule has 1 saturated carbocycles. The topological polar surface area (TPSA) is 118 Å². The van der Waals surface area contributed by atoms with Crippen molar-refractivity contribution in [3.63, 3.8) is 0 Å². The van der Waals surface area contributed by atoms with Crippen molar-refractivity contribution in [2.24, 2.45) is 0 Å². The fraction of sp³-hybridized carbons (Fsp3) is 0.269. The van der Waals surface area contributed by atoms with E-state index in [2.05, 4.69) is 5.32 Å². The molecule has 37 heavy (non-hydrogen) atoms. The van der Waals surface area contributed by atoms with E-state index in [-0.39, 0.29) is 30.8 Å². The lowest BCUT2D eigenvalue weighted by Gasteiger charge is -2.17. The van der Waals surface area contributed by atoms with Gasteiger partial charge in [0, 0.05) is 11.3 Å². The number of anilines is 1. The molecule has 1 aliphatic rings. The van der Waals surface area contributed by atoms with Crippen molar-refractivity contribution in [2.45, 2.75) is 40.7 Å². The molecule has 0 aromatic heterocycles. The molecule has 1 amide bonds. The lowest BCUT2D eigenvalue weighted by Crippen LogP contribution is -2.24. The van der Waals surface area contributed by atoms with Gasteiger partial charge in [-0.3, -0.25) is 4.79 Å². The summed E-state index contributed by atoms with van der Waals surface area (Å²) < 4.78 is 48.9. The number of benzene rings is 3. The fourth-order valence-corrected chi connectivity index (χ4v) is 7.19. The number of sulfone groups is 2. The highest BCUT2D eigenvalue weighted by Crippen LogP contribution is 2.39. The quantitative estimate of drug-likeness (QED) is 0.363. The van der Waals surface area contributed by atoms with Gasteiger partial charge in [0.2, 0.25) is 5.91 Å². The molecule has 0 aliphatic heterocycles. The van der Waals surface area contributed by atoms with Crippen molar-refractivity contribution in [3.05, 3.63) is 76.3 Å². The highest BCUT2D eigenvalue weighted by atomic mass is 35.5. The Morgan fingerprint density at radius 2 is 1.49 bits per heavy atom. The van der Waals surface area contributed by atoms with E-state index < -0.39 is 38.1 Å². The normalized spacial score (nSPS) is 14.8. The Kier molecular flexibility index (Phi) is 8.02. The Balaban J connectivity index is 1.53. The van der Waals surface area contributed by atoms with E-state index in [1.807, 2.05) is 0 Å². The zero-order valence-electron chi connectivity index (χ0n) is 19.8. The molecule has 3 aromatic rings. The molecule has 0 spiro atoms. The SMILES string of the molecule is CCS(=O)(=O)c1ccc([C@H](CO)C(=O)Nc2cc(Cl)c(-c3ccc(S(=O)(=O)C4CC4)cc3)c(Cl)c2)cc1. The van der Waals surface area contributed by atoms with Crippen LogP contribution in [0.15, 0.2) is 70.5 Å². The first-order valence-corrected chi connectivity index (χ1v) is 15.5. The van der Waals surface area contributed by atoms with Crippen LogP contribution in [0.5, 0.6) is 0 Å². The first-order valence-electron chi connectivity index (χ1n) is 11.6. The Labute approximate surface area is 226 Å². The fourth-order valence-electron chi connectivity index (χ4n) is 3.95. The van der Waals surface area contributed by atoms with Crippen LogP contribution in [0.2, 0.25) is 10.0 Å². The Bertz CT molecular complexity index is 1510. The summed E-state index contributed by atoms with van der Waals surface area (Å²) >= 11 is 13.0. The van der Waals surface area contributed by atoms with Crippen LogP contribution in [0.1, 0.15) is 31.2 Å². The molecule has 0 unspecified atom stereocenters. The van der Waals surface area contributed by atoms with Crippen molar-refractivity contribution < 1.29 is 26.7 Å². The van der Waals surface area contributed by atoms with Crippen LogP contribution in [0.3, 0.4) is 0 Å². The molecule has 4 rings (SSSR count). The van der Waals surface area contributed by atoms with E-state index >= 15 is 0 Å². The molecule has 0 bridgehead atoms. The van der Waals surface area contributed by atoms with Gasteiger partial charge in [0.25, 0.3) is 0 Å². The van der Waals surface area contributed by atoms with E-state index in [1.165, 1.54) is 48.5 Å². The van der Waals surface area contributed by atoms with E-state index in [4.69, 9.17) is 23.2 Å². The maximum absolute atomic E-state index is 12.9. The molecule has 11 heteroatoms. The van der Waals surface area contributed by atoms with Crippen LogP contribution in [-0.4, -0.2) is 45.5 Å². The Morgan fingerprint density at radius 3 is 1.97 bits per heavy atom. The smallest absolute Gasteiger partial charge is 0.234 e. The highest BCUT2D eigenvalue weighted by molar-refractivity contribution is 7.92. The van der Waals surface area contributed by atoms with Gasteiger partial charge in [-0.05, 0) is 60.4 Å². The van der Waals surface area contributed by atoms with Crippen LogP contribution in [0.4, 0.5) is 5.69 Å². The number of carbonyl (C=O) groups excluding carboxylic acids is 1. The highest BCUT2D eigenvalue weighted by Gasteiger charge is 2.36. The molecule has 3 aromatic carbocycles. The minimum Gasteiger partial charge on any atom is -0.395 e. The van der Waals surface area contributed by atoms with Crippen LogP contribution < -0.4 is 5.32 Å². The average Bonchev–Trinajstić information content (AvgIpc) is 3.71. The third-order valence-electron chi connectivity index (χ3n) is 6.27. The van der Waals surface area contributed by atoms with Crippen molar-refractivity contribution >= 4 is 54.5 Å². The summed E-state index contributed by atoms with van der Waals surface area (Å²) in [7, 11) is -6.70. The predicted octanol–water partition coefficient (Wildman–Crippen LogP) is 5.10. The molecule has 1 aliphatic carbocycles. The minimum absolute atomic E-state index is 0.0442. The molecule has 2 N–H and O–H groups in total. The molecule has 0 radical (unpaired) electrons. The summed E-state index contributed by atoms with van der Waals surface area (Å²) in [6.45, 7) is 1.05. The molecule has 0 saturated heterocycles. The number of halogens is 2. The average molecular weight is 583 g/mol. The predicted molar refractivity (Wildman–Crippen MR) is 145 cm³/mol. The van der Waals surface area contributed by atoms with Gasteiger partial charge in [0.05, 0.1) is 43.4 Å². The van der Waals surface area contributed by atoms with Crippen LogP contribution in [-0.2, 0) is 24.5 Å². The second-order valence-electron chi connectivity index (χ2n) is 8.78. The summed E-state index contributed by atoms with van der Waals surface area (Å²) in [6, 6.07) is 15.2. The zero-order valence-corrected chi connectivity index (χ0v) is 23.0. The maximum Gasteiger partial charge on any atom is 0.234 e. The first-order chi connectivity index (χ1) is 17.5. The number of hydrogen-bond donors (Lipinski definition) is 2. The molecular weight excluding hydrogens is 557 g/mol. The summed E-state index contributed by atoms with van der Waals surface area (Å²) in [6.07, 6.45) is 1.36. The third-order valence-corrected chi connectivity index (χ3v) is 10.9. The molecule has 1 atom stereocenters. The zero-order chi connectivity index (χ0) is 27.0. The van der Waals surface area contributed by atoms with E-state index in [0.717, 1.165) is 0 Å². The van der Waals surface area contributed by atoms with Gasteiger partial charge < -0.3 is 10.4 Å². The molecular formula is C26H25Cl2NO6S2. The van der Waals surface area contributed by atoms with Gasteiger partial charge >= 0.3 is 0 Å². The van der Waals surface area contributed by atoms with Crippen LogP contribution in [0, 0.1) is 0 Å². The van der Waals surface area contributed by atoms with E-state index in [0.29, 0.717) is 35.2 Å². The van der Waals surface area contributed by atoms with Crippen molar-refractivity contribution in [1.29, 1.82) is 0 Å². The summed E-state index contributed by atoms with van der Waals surface area (Å²) in [5, 5.41) is 12.7. The number of aliphatic hydroxyl groups is 1.